The second-order valence-electron chi connectivity index (χ2n) is 14.3. The van der Waals surface area contributed by atoms with E-state index in [0.29, 0.717) is 12.8 Å². The van der Waals surface area contributed by atoms with Crippen LogP contribution in [0.3, 0.4) is 0 Å². The molecule has 16 heteroatoms. The maximum atomic E-state index is 13.8. The molecule has 304 valence electrons. The van der Waals surface area contributed by atoms with Gasteiger partial charge < -0.3 is 28.7 Å². The first kappa shape index (κ1) is 45.4. The number of rotatable bonds is 12. The van der Waals surface area contributed by atoms with Crippen LogP contribution in [-0.2, 0) is 48.6 Å². The molecule has 54 heavy (non-hydrogen) atoms. The predicted molar refractivity (Wildman–Crippen MR) is 206 cm³/mol. The highest BCUT2D eigenvalue weighted by Gasteiger charge is 2.31. The van der Waals surface area contributed by atoms with E-state index in [2.05, 4.69) is 9.44 Å². The summed E-state index contributed by atoms with van der Waals surface area (Å²) in [7, 11) is -7.91. The number of aryl methyl sites for hydroxylation is 2. The summed E-state index contributed by atoms with van der Waals surface area (Å²) in [5, 5.41) is 0. The molecule has 0 radical (unpaired) electrons. The van der Waals surface area contributed by atoms with Crippen molar-refractivity contribution in [3.05, 3.63) is 59.7 Å². The summed E-state index contributed by atoms with van der Waals surface area (Å²) in [6, 6.07) is 11.0. The van der Waals surface area contributed by atoms with Gasteiger partial charge in [0.05, 0.1) is 62.6 Å². The Bertz CT molecular complexity index is 1510. The predicted octanol–water partition coefficient (Wildman–Crippen LogP) is 3.13. The monoisotopic (exact) mass is 796 g/mol. The molecule has 2 N–H and O–H groups in total. The number of sulfonamides is 2. The van der Waals surface area contributed by atoms with E-state index >= 15 is 0 Å². The van der Waals surface area contributed by atoms with E-state index in [1.165, 1.54) is 24.3 Å². The van der Waals surface area contributed by atoms with Crippen molar-refractivity contribution < 1.29 is 45.4 Å². The van der Waals surface area contributed by atoms with Crippen LogP contribution in [0.2, 0.25) is 0 Å². The van der Waals surface area contributed by atoms with Gasteiger partial charge in [-0.05, 0) is 62.8 Å². The molecule has 2 atom stereocenters. The molecule has 2 aromatic rings. The molecule has 1 heterocycles. The smallest absolute Gasteiger partial charge is 0.241 e. The average Bonchev–Trinajstić information content (AvgIpc) is 3.10. The Morgan fingerprint density at radius 1 is 0.537 bits per heavy atom. The Hall–Kier alpha value is -2.96. The van der Waals surface area contributed by atoms with E-state index in [-0.39, 0.29) is 112 Å². The van der Waals surface area contributed by atoms with Gasteiger partial charge in [-0.25, -0.2) is 16.8 Å². The summed E-state index contributed by atoms with van der Waals surface area (Å²) in [6.07, 6.45) is 0.611. The highest BCUT2D eigenvalue weighted by Crippen LogP contribution is 2.17. The van der Waals surface area contributed by atoms with Crippen LogP contribution in [0.25, 0.3) is 0 Å². The van der Waals surface area contributed by atoms with Crippen LogP contribution >= 0.6 is 0 Å². The zero-order chi connectivity index (χ0) is 39.7. The first-order valence-corrected chi connectivity index (χ1v) is 21.6. The Morgan fingerprint density at radius 2 is 0.815 bits per heavy atom. The van der Waals surface area contributed by atoms with Crippen molar-refractivity contribution >= 4 is 31.9 Å². The number of carbonyl (C=O) groups excluding carboxylic acids is 2. The van der Waals surface area contributed by atoms with Crippen LogP contribution in [0.15, 0.2) is 58.3 Å². The standard InChI is InChI=1S/C38H60N4O10S2/c1-29(2)27-35(39-53(45,46)33-11-7-31(5)8-12-33)37(43)41-15-19-49-23-25-51-21-17-42(18-22-52-26-24-50-20-16-41)38(44)36(28-30(3)4)40-54(47,48)34-13-9-32(6)10-14-34/h7-14,29-30,35-36,39-40H,15-28H2,1-6H3. The molecular formula is C38H60N4O10S2. The summed E-state index contributed by atoms with van der Waals surface area (Å²) in [5.74, 6) is -0.653. The van der Waals surface area contributed by atoms with Gasteiger partial charge in [-0.1, -0.05) is 63.1 Å². The van der Waals surface area contributed by atoms with Gasteiger partial charge in [0.25, 0.3) is 0 Å². The minimum absolute atomic E-state index is 0.0390. The number of hydrogen-bond donors (Lipinski definition) is 2. The summed E-state index contributed by atoms with van der Waals surface area (Å²) in [4.78, 5) is 31.0. The Balaban J connectivity index is 1.63. The minimum Gasteiger partial charge on any atom is -0.377 e. The molecule has 1 saturated heterocycles. The molecule has 0 saturated carbocycles. The number of nitrogens with zero attached hydrogens (tertiary/aromatic N) is 2. The second-order valence-corrected chi connectivity index (χ2v) is 17.8. The topological polar surface area (TPSA) is 170 Å². The maximum Gasteiger partial charge on any atom is 0.241 e. The van der Waals surface area contributed by atoms with E-state index in [1.54, 1.807) is 34.1 Å². The first-order chi connectivity index (χ1) is 25.6. The zero-order valence-electron chi connectivity index (χ0n) is 32.6. The summed E-state index contributed by atoms with van der Waals surface area (Å²) in [6.45, 7) is 13.9. The highest BCUT2D eigenvalue weighted by atomic mass is 32.2. The summed E-state index contributed by atoms with van der Waals surface area (Å²) in [5.41, 5.74) is 1.85. The number of benzene rings is 2. The van der Waals surface area contributed by atoms with Gasteiger partial charge >= 0.3 is 0 Å². The highest BCUT2D eigenvalue weighted by molar-refractivity contribution is 7.89. The van der Waals surface area contributed by atoms with Crippen molar-refractivity contribution in [2.24, 2.45) is 11.8 Å². The largest absolute Gasteiger partial charge is 0.377 e. The lowest BCUT2D eigenvalue weighted by atomic mass is 10.0. The molecule has 2 aromatic carbocycles. The molecule has 1 fully saturated rings. The number of amides is 2. The summed E-state index contributed by atoms with van der Waals surface area (Å²) >= 11 is 0. The molecular weight excluding hydrogens is 737 g/mol. The fourth-order valence-corrected chi connectivity index (χ4v) is 8.14. The molecule has 0 aromatic heterocycles. The third kappa shape index (κ3) is 15.6. The third-order valence-corrected chi connectivity index (χ3v) is 11.6. The first-order valence-electron chi connectivity index (χ1n) is 18.7. The van der Waals surface area contributed by atoms with Crippen molar-refractivity contribution in [3.63, 3.8) is 0 Å². The molecule has 3 rings (SSSR count). The molecule has 2 unspecified atom stereocenters. The summed E-state index contributed by atoms with van der Waals surface area (Å²) < 4.78 is 81.4. The van der Waals surface area contributed by atoms with Crippen molar-refractivity contribution in [2.75, 3.05) is 79.0 Å². The molecule has 0 aliphatic carbocycles. The van der Waals surface area contributed by atoms with Gasteiger partial charge in [0.15, 0.2) is 0 Å². The SMILES string of the molecule is Cc1ccc(S(=O)(=O)NC(CC(C)C)C(=O)N2CCOCCOCCN(C(=O)C(CC(C)C)NS(=O)(=O)c3ccc(C)cc3)CCOCCOCC2)cc1. The number of ether oxygens (including phenoxy) is 4. The van der Waals surface area contributed by atoms with Crippen molar-refractivity contribution in [1.82, 2.24) is 19.2 Å². The van der Waals surface area contributed by atoms with Crippen LogP contribution in [0.5, 0.6) is 0 Å². The van der Waals surface area contributed by atoms with Gasteiger partial charge in [0.1, 0.15) is 12.1 Å². The van der Waals surface area contributed by atoms with Gasteiger partial charge in [-0.2, -0.15) is 9.44 Å². The lowest BCUT2D eigenvalue weighted by molar-refractivity contribution is -0.136. The van der Waals surface area contributed by atoms with Crippen LogP contribution < -0.4 is 9.44 Å². The van der Waals surface area contributed by atoms with E-state index in [1.807, 2.05) is 41.5 Å². The van der Waals surface area contributed by atoms with E-state index in [4.69, 9.17) is 18.9 Å². The van der Waals surface area contributed by atoms with Crippen molar-refractivity contribution in [2.45, 2.75) is 76.3 Å². The quantitative estimate of drug-likeness (QED) is 0.326. The van der Waals surface area contributed by atoms with Crippen molar-refractivity contribution in [1.29, 1.82) is 0 Å². The van der Waals surface area contributed by atoms with E-state index < -0.39 is 32.1 Å². The average molecular weight is 797 g/mol. The lowest BCUT2D eigenvalue weighted by Crippen LogP contribution is -2.51. The molecule has 1 aliphatic rings. The number of carbonyl (C=O) groups is 2. The number of nitrogens with one attached hydrogen (secondary N) is 2. The van der Waals surface area contributed by atoms with E-state index in [9.17, 15) is 26.4 Å². The number of hydrogen-bond acceptors (Lipinski definition) is 10. The molecule has 2 amide bonds. The molecule has 1 aliphatic heterocycles. The Kier molecular flexibility index (Phi) is 19.0. The fourth-order valence-electron chi connectivity index (χ4n) is 5.74. The van der Waals surface area contributed by atoms with Gasteiger partial charge in [-0.15, -0.1) is 0 Å². The maximum absolute atomic E-state index is 13.8. The molecule has 14 nitrogen and oxygen atoms in total. The van der Waals surface area contributed by atoms with Crippen LogP contribution in [0, 0.1) is 25.7 Å². The Labute approximate surface area is 322 Å². The van der Waals surface area contributed by atoms with Gasteiger partial charge in [0, 0.05) is 26.2 Å². The Morgan fingerprint density at radius 3 is 1.07 bits per heavy atom. The van der Waals surface area contributed by atoms with Gasteiger partial charge in [0.2, 0.25) is 31.9 Å². The normalized spacial score (nSPS) is 17.9. The van der Waals surface area contributed by atoms with Crippen LogP contribution in [0.4, 0.5) is 0 Å². The van der Waals surface area contributed by atoms with Gasteiger partial charge in [-0.3, -0.25) is 9.59 Å². The van der Waals surface area contributed by atoms with Crippen molar-refractivity contribution in [3.8, 4) is 0 Å². The zero-order valence-corrected chi connectivity index (χ0v) is 34.3. The van der Waals surface area contributed by atoms with E-state index in [0.717, 1.165) is 11.1 Å². The third-order valence-electron chi connectivity index (χ3n) is 8.66. The fraction of sp³-hybridized carbons (Fsp3) is 0.632. The minimum atomic E-state index is -3.96. The second kappa shape index (κ2) is 22.6. The molecule has 0 spiro atoms. The molecule has 0 bridgehead atoms. The van der Waals surface area contributed by atoms with Crippen LogP contribution in [-0.4, -0.2) is 130 Å². The van der Waals surface area contributed by atoms with Crippen LogP contribution in [0.1, 0.15) is 51.7 Å². The lowest BCUT2D eigenvalue weighted by Gasteiger charge is -2.29.